The quantitative estimate of drug-likeness (QED) is 0.875. The maximum absolute atomic E-state index is 11.5. The molecular weight excluding hydrogens is 362 g/mol. The first-order valence-electron chi connectivity index (χ1n) is 5.84. The topological polar surface area (TPSA) is 46.2 Å². The van der Waals surface area contributed by atoms with E-state index >= 15 is 0 Å². The Balaban J connectivity index is 2.13. The third kappa shape index (κ3) is 3.98. The van der Waals surface area contributed by atoms with Crippen LogP contribution in [0.25, 0.3) is 0 Å². The van der Waals surface area contributed by atoms with Gasteiger partial charge >= 0.3 is 0 Å². The Hall–Kier alpha value is -1.04. The van der Waals surface area contributed by atoms with Crippen LogP contribution in [0.1, 0.15) is 5.56 Å². The predicted octanol–water partition coefficient (Wildman–Crippen LogP) is 4.12. The van der Waals surface area contributed by atoms with Gasteiger partial charge in [0.15, 0.2) is 9.84 Å². The number of benzene rings is 2. The van der Waals surface area contributed by atoms with Gasteiger partial charge in [-0.25, -0.2) is 8.42 Å². The Morgan fingerprint density at radius 1 is 1.20 bits per heavy atom. The molecule has 20 heavy (non-hydrogen) atoms. The SMILES string of the molecule is CS(=O)(=O)c1cccc(NCc2ccc(Br)c(Cl)c2)c1. The van der Waals surface area contributed by atoms with Gasteiger partial charge in [-0.3, -0.25) is 0 Å². The average molecular weight is 375 g/mol. The summed E-state index contributed by atoms with van der Waals surface area (Å²) in [6.45, 7) is 0.570. The van der Waals surface area contributed by atoms with Crippen molar-refractivity contribution in [3.05, 3.63) is 57.5 Å². The summed E-state index contributed by atoms with van der Waals surface area (Å²) in [6, 6.07) is 12.4. The lowest BCUT2D eigenvalue weighted by atomic mass is 10.2. The van der Waals surface area contributed by atoms with Gasteiger partial charge in [-0.15, -0.1) is 0 Å². The van der Waals surface area contributed by atoms with Crippen molar-refractivity contribution in [3.63, 3.8) is 0 Å². The lowest BCUT2D eigenvalue weighted by Crippen LogP contribution is -2.02. The highest BCUT2D eigenvalue weighted by Crippen LogP contribution is 2.24. The molecule has 0 unspecified atom stereocenters. The molecule has 0 aliphatic rings. The van der Waals surface area contributed by atoms with Crippen LogP contribution in [-0.4, -0.2) is 14.7 Å². The number of anilines is 1. The molecule has 2 rings (SSSR count). The van der Waals surface area contributed by atoms with Crippen molar-refractivity contribution in [2.45, 2.75) is 11.4 Å². The van der Waals surface area contributed by atoms with E-state index in [4.69, 9.17) is 11.6 Å². The second-order valence-corrected chi connectivity index (χ2v) is 7.68. The summed E-state index contributed by atoms with van der Waals surface area (Å²) in [6.07, 6.45) is 1.20. The van der Waals surface area contributed by atoms with Gasteiger partial charge in [0.2, 0.25) is 0 Å². The smallest absolute Gasteiger partial charge is 0.175 e. The molecule has 0 saturated carbocycles. The fourth-order valence-electron chi connectivity index (χ4n) is 1.69. The monoisotopic (exact) mass is 373 g/mol. The number of hydrogen-bond donors (Lipinski definition) is 1. The first-order chi connectivity index (χ1) is 9.36. The van der Waals surface area contributed by atoms with Crippen molar-refractivity contribution in [2.24, 2.45) is 0 Å². The molecule has 1 N–H and O–H groups in total. The minimum absolute atomic E-state index is 0.302. The molecule has 0 radical (unpaired) electrons. The van der Waals surface area contributed by atoms with E-state index in [1.54, 1.807) is 18.2 Å². The molecule has 0 aromatic heterocycles. The Bertz CT molecular complexity index is 732. The third-order valence-electron chi connectivity index (χ3n) is 2.74. The molecule has 3 nitrogen and oxygen atoms in total. The second-order valence-electron chi connectivity index (χ2n) is 4.40. The zero-order valence-corrected chi connectivity index (χ0v) is 13.9. The Morgan fingerprint density at radius 2 is 1.95 bits per heavy atom. The Morgan fingerprint density at radius 3 is 2.60 bits per heavy atom. The molecule has 2 aromatic carbocycles. The predicted molar refractivity (Wildman–Crippen MR) is 86.0 cm³/mol. The van der Waals surface area contributed by atoms with Crippen LogP contribution in [-0.2, 0) is 16.4 Å². The van der Waals surface area contributed by atoms with Crippen molar-refractivity contribution in [3.8, 4) is 0 Å². The summed E-state index contributed by atoms with van der Waals surface area (Å²) < 4.78 is 23.8. The lowest BCUT2D eigenvalue weighted by molar-refractivity contribution is 0.602. The Labute approximate surface area is 132 Å². The van der Waals surface area contributed by atoms with Crippen molar-refractivity contribution >= 4 is 43.1 Å². The molecule has 6 heteroatoms. The minimum Gasteiger partial charge on any atom is -0.381 e. The van der Waals surface area contributed by atoms with Crippen LogP contribution in [0.5, 0.6) is 0 Å². The van der Waals surface area contributed by atoms with E-state index in [0.29, 0.717) is 16.5 Å². The lowest BCUT2D eigenvalue weighted by Gasteiger charge is -2.08. The Kier molecular flexibility index (Phi) is 4.73. The molecular formula is C14H13BrClNO2S. The number of sulfone groups is 1. The highest BCUT2D eigenvalue weighted by molar-refractivity contribution is 9.10. The zero-order chi connectivity index (χ0) is 14.8. The van der Waals surface area contributed by atoms with E-state index in [-0.39, 0.29) is 0 Å². The van der Waals surface area contributed by atoms with Crippen molar-refractivity contribution < 1.29 is 8.42 Å². The van der Waals surface area contributed by atoms with Gasteiger partial charge in [-0.1, -0.05) is 23.7 Å². The van der Waals surface area contributed by atoms with E-state index in [2.05, 4.69) is 21.2 Å². The van der Waals surface area contributed by atoms with Crippen LogP contribution >= 0.6 is 27.5 Å². The van der Waals surface area contributed by atoms with Crippen LogP contribution in [0.3, 0.4) is 0 Å². The summed E-state index contributed by atoms with van der Waals surface area (Å²) in [7, 11) is -3.19. The van der Waals surface area contributed by atoms with Gasteiger partial charge in [0.25, 0.3) is 0 Å². The molecule has 0 saturated heterocycles. The highest BCUT2D eigenvalue weighted by atomic mass is 79.9. The maximum Gasteiger partial charge on any atom is 0.175 e. The maximum atomic E-state index is 11.5. The summed E-state index contributed by atoms with van der Waals surface area (Å²) in [5, 5.41) is 3.83. The second kappa shape index (κ2) is 6.16. The van der Waals surface area contributed by atoms with E-state index < -0.39 is 9.84 Å². The number of halogens is 2. The van der Waals surface area contributed by atoms with Gasteiger partial charge in [0, 0.05) is 23.0 Å². The van der Waals surface area contributed by atoms with Gasteiger partial charge < -0.3 is 5.32 Å². The summed E-state index contributed by atoms with van der Waals surface area (Å²) in [5.74, 6) is 0. The van der Waals surface area contributed by atoms with Crippen LogP contribution < -0.4 is 5.32 Å². The first kappa shape index (κ1) is 15.4. The van der Waals surface area contributed by atoms with Crippen LogP contribution in [0, 0.1) is 0 Å². The minimum atomic E-state index is -3.19. The summed E-state index contributed by atoms with van der Waals surface area (Å²) in [5.41, 5.74) is 1.77. The van der Waals surface area contributed by atoms with E-state index in [0.717, 1.165) is 15.7 Å². The molecule has 0 fully saturated rings. The normalized spacial score (nSPS) is 11.3. The molecule has 0 bridgehead atoms. The van der Waals surface area contributed by atoms with E-state index in [9.17, 15) is 8.42 Å². The molecule has 0 heterocycles. The van der Waals surface area contributed by atoms with Gasteiger partial charge in [0.05, 0.1) is 9.92 Å². The summed E-state index contributed by atoms with van der Waals surface area (Å²) in [4.78, 5) is 0.302. The van der Waals surface area contributed by atoms with Crippen molar-refractivity contribution in [1.29, 1.82) is 0 Å². The van der Waals surface area contributed by atoms with Crippen molar-refractivity contribution in [2.75, 3.05) is 11.6 Å². The molecule has 0 aliphatic carbocycles. The largest absolute Gasteiger partial charge is 0.381 e. The van der Waals surface area contributed by atoms with Crippen molar-refractivity contribution in [1.82, 2.24) is 0 Å². The van der Waals surface area contributed by atoms with Gasteiger partial charge in [-0.2, -0.15) is 0 Å². The summed E-state index contributed by atoms with van der Waals surface area (Å²) >= 11 is 9.36. The van der Waals surface area contributed by atoms with E-state index in [1.807, 2.05) is 24.3 Å². The molecule has 0 aliphatic heterocycles. The molecule has 0 spiro atoms. The van der Waals surface area contributed by atoms with Gasteiger partial charge in [-0.05, 0) is 51.8 Å². The molecule has 2 aromatic rings. The van der Waals surface area contributed by atoms with Crippen LogP contribution in [0.2, 0.25) is 5.02 Å². The third-order valence-corrected chi connectivity index (χ3v) is 5.09. The number of hydrogen-bond acceptors (Lipinski definition) is 3. The van der Waals surface area contributed by atoms with E-state index in [1.165, 1.54) is 6.26 Å². The number of rotatable bonds is 4. The highest BCUT2D eigenvalue weighted by Gasteiger charge is 2.07. The van der Waals surface area contributed by atoms with Crippen LogP contribution in [0.4, 0.5) is 5.69 Å². The zero-order valence-electron chi connectivity index (χ0n) is 10.7. The fourth-order valence-corrected chi connectivity index (χ4v) is 2.81. The standard InChI is InChI=1S/C14H13BrClNO2S/c1-20(18,19)12-4-2-3-11(8-12)17-9-10-5-6-13(15)14(16)7-10/h2-8,17H,9H2,1H3. The average Bonchev–Trinajstić information content (AvgIpc) is 2.39. The first-order valence-corrected chi connectivity index (χ1v) is 8.90. The fraction of sp³-hybridized carbons (Fsp3) is 0.143. The molecule has 106 valence electrons. The van der Waals surface area contributed by atoms with Gasteiger partial charge in [0.1, 0.15) is 0 Å². The number of nitrogens with one attached hydrogen (secondary N) is 1. The van der Waals surface area contributed by atoms with Crippen LogP contribution in [0.15, 0.2) is 51.8 Å². The molecule has 0 amide bonds. The molecule has 0 atom stereocenters.